The SMILES string of the molecule is Cc1[nH]c(/C=C2\C(=O)Nc3ccc(S(=O)(=O)Cc4cc(Cl)ccc4Cl)cc32)c(C)c1C(=O)ON1C(=O)CCC1=O. The monoisotopic (exact) mass is 601 g/mol. The van der Waals surface area contributed by atoms with Gasteiger partial charge in [-0.1, -0.05) is 23.2 Å². The number of H-pyrrole nitrogens is 1. The zero-order chi connectivity index (χ0) is 28.9. The number of aromatic amines is 1. The number of aryl methyl sites for hydroxylation is 1. The van der Waals surface area contributed by atoms with E-state index in [9.17, 15) is 27.6 Å². The van der Waals surface area contributed by atoms with Crippen molar-refractivity contribution in [2.24, 2.45) is 0 Å². The second-order valence-electron chi connectivity index (χ2n) is 9.34. The summed E-state index contributed by atoms with van der Waals surface area (Å²) in [5, 5.41) is 3.78. The summed E-state index contributed by atoms with van der Waals surface area (Å²) >= 11 is 12.2. The van der Waals surface area contributed by atoms with Gasteiger partial charge in [-0.25, -0.2) is 13.2 Å². The minimum atomic E-state index is -3.87. The van der Waals surface area contributed by atoms with E-state index in [1.54, 1.807) is 19.9 Å². The van der Waals surface area contributed by atoms with E-state index in [-0.39, 0.29) is 33.9 Å². The first-order valence-corrected chi connectivity index (χ1v) is 14.4. The van der Waals surface area contributed by atoms with Gasteiger partial charge in [-0.3, -0.25) is 14.4 Å². The molecule has 0 spiro atoms. The highest BCUT2D eigenvalue weighted by Crippen LogP contribution is 2.37. The minimum Gasteiger partial charge on any atom is -0.358 e. The molecular formula is C27H21Cl2N3O7S. The molecule has 0 aliphatic carbocycles. The average molecular weight is 602 g/mol. The lowest BCUT2D eigenvalue weighted by Crippen LogP contribution is -2.32. The van der Waals surface area contributed by atoms with Crippen LogP contribution in [0.5, 0.6) is 0 Å². The minimum absolute atomic E-state index is 0.0201. The molecule has 2 aliphatic rings. The summed E-state index contributed by atoms with van der Waals surface area (Å²) in [7, 11) is -3.87. The third kappa shape index (κ3) is 5.03. The van der Waals surface area contributed by atoms with Crippen LogP contribution in [0.15, 0.2) is 41.3 Å². The van der Waals surface area contributed by atoms with Gasteiger partial charge in [0.2, 0.25) is 0 Å². The topological polar surface area (TPSA) is 143 Å². The van der Waals surface area contributed by atoms with Crippen molar-refractivity contribution in [1.82, 2.24) is 10.0 Å². The number of fused-ring (bicyclic) bond motifs is 1. The average Bonchev–Trinajstić information content (AvgIpc) is 3.48. The third-order valence-electron chi connectivity index (χ3n) is 6.64. The number of nitrogens with one attached hydrogen (secondary N) is 2. The molecule has 3 amide bonds. The number of rotatable bonds is 6. The van der Waals surface area contributed by atoms with E-state index in [2.05, 4.69) is 10.3 Å². The summed E-state index contributed by atoms with van der Waals surface area (Å²) in [4.78, 5) is 57.4. The van der Waals surface area contributed by atoms with Gasteiger partial charge in [0, 0.05) is 45.5 Å². The molecule has 1 saturated heterocycles. The first-order valence-electron chi connectivity index (χ1n) is 12.0. The van der Waals surface area contributed by atoms with Crippen molar-refractivity contribution in [3.05, 3.63) is 80.1 Å². The number of aromatic nitrogens is 1. The quantitative estimate of drug-likeness (QED) is 0.310. The molecule has 2 aromatic carbocycles. The molecule has 13 heteroatoms. The molecule has 0 unspecified atom stereocenters. The number of hydroxylamine groups is 2. The number of benzene rings is 2. The Hall–Kier alpha value is -3.93. The highest BCUT2D eigenvalue weighted by Gasteiger charge is 2.34. The fourth-order valence-corrected chi connectivity index (χ4v) is 6.45. The number of hydrogen-bond donors (Lipinski definition) is 2. The Morgan fingerprint density at radius 1 is 1.05 bits per heavy atom. The second kappa shape index (κ2) is 10.2. The maximum absolute atomic E-state index is 13.2. The van der Waals surface area contributed by atoms with Crippen molar-refractivity contribution in [1.29, 1.82) is 0 Å². The molecule has 0 atom stereocenters. The van der Waals surface area contributed by atoms with E-state index < -0.39 is 39.3 Å². The van der Waals surface area contributed by atoms with Crippen molar-refractivity contribution in [3.63, 3.8) is 0 Å². The fourth-order valence-electron chi connectivity index (χ4n) is 4.60. The number of hydrogen-bond acceptors (Lipinski definition) is 7. The van der Waals surface area contributed by atoms with Gasteiger partial charge < -0.3 is 15.1 Å². The molecule has 2 N–H and O–H groups in total. The van der Waals surface area contributed by atoms with Crippen LogP contribution < -0.4 is 5.32 Å². The Balaban J connectivity index is 1.47. The molecule has 0 bridgehead atoms. The molecule has 5 rings (SSSR count). The predicted octanol–water partition coefficient (Wildman–Crippen LogP) is 4.63. The molecule has 1 aromatic heterocycles. The van der Waals surface area contributed by atoms with Crippen LogP contribution in [-0.4, -0.2) is 42.2 Å². The number of carbonyl (C=O) groups is 4. The maximum Gasteiger partial charge on any atom is 0.366 e. The van der Waals surface area contributed by atoms with Gasteiger partial charge in [-0.15, -0.1) is 5.06 Å². The van der Waals surface area contributed by atoms with Gasteiger partial charge in [-0.05, 0) is 67.4 Å². The van der Waals surface area contributed by atoms with Crippen LogP contribution in [0.3, 0.4) is 0 Å². The van der Waals surface area contributed by atoms with Crippen LogP contribution in [0.4, 0.5) is 5.69 Å². The van der Waals surface area contributed by atoms with E-state index in [0.29, 0.717) is 43.9 Å². The highest BCUT2D eigenvalue weighted by atomic mass is 35.5. The van der Waals surface area contributed by atoms with Crippen molar-refractivity contribution in [2.75, 3.05) is 5.32 Å². The van der Waals surface area contributed by atoms with Crippen LogP contribution in [0, 0.1) is 13.8 Å². The smallest absolute Gasteiger partial charge is 0.358 e. The second-order valence-corrected chi connectivity index (χ2v) is 12.2. The van der Waals surface area contributed by atoms with E-state index in [4.69, 9.17) is 28.0 Å². The molecule has 10 nitrogen and oxygen atoms in total. The molecule has 3 aromatic rings. The van der Waals surface area contributed by atoms with Gasteiger partial charge in [0.1, 0.15) is 0 Å². The number of halogens is 2. The molecule has 2 aliphatic heterocycles. The standard InChI is InChI=1S/C27H21Cl2N3O7S/c1-13-22(30-14(2)25(13)27(36)39-32-23(33)7-8-24(32)34)11-19-18-10-17(4-6-21(18)31-26(19)35)40(37,38)12-15-9-16(28)3-5-20(15)29/h3-6,9-11,30H,7-8,12H2,1-2H3,(H,31,35)/b19-11-. The van der Waals surface area contributed by atoms with Gasteiger partial charge in [-0.2, -0.15) is 0 Å². The number of anilines is 1. The largest absolute Gasteiger partial charge is 0.366 e. The van der Waals surface area contributed by atoms with Gasteiger partial charge >= 0.3 is 5.97 Å². The van der Waals surface area contributed by atoms with Gasteiger partial charge in [0.05, 0.1) is 21.8 Å². The Bertz CT molecular complexity index is 1760. The molecule has 0 radical (unpaired) electrons. The predicted molar refractivity (Wildman–Crippen MR) is 147 cm³/mol. The highest BCUT2D eigenvalue weighted by molar-refractivity contribution is 7.90. The van der Waals surface area contributed by atoms with Crippen LogP contribution >= 0.6 is 23.2 Å². The Labute approximate surface area is 238 Å². The zero-order valence-corrected chi connectivity index (χ0v) is 23.5. The third-order valence-corrected chi connectivity index (χ3v) is 8.90. The number of nitrogens with zero attached hydrogens (tertiary/aromatic N) is 1. The fraction of sp³-hybridized carbons (Fsp3) is 0.185. The lowest BCUT2D eigenvalue weighted by Gasteiger charge is -2.12. The van der Waals surface area contributed by atoms with Crippen LogP contribution in [0.25, 0.3) is 11.6 Å². The van der Waals surface area contributed by atoms with Crippen molar-refractivity contribution in [3.8, 4) is 0 Å². The van der Waals surface area contributed by atoms with E-state index >= 15 is 0 Å². The summed E-state index contributed by atoms with van der Waals surface area (Å²) in [5.41, 5.74) is 2.58. The number of carbonyl (C=O) groups excluding carboxylic acids is 4. The van der Waals surface area contributed by atoms with Gasteiger partial charge in [0.15, 0.2) is 9.84 Å². The molecule has 206 valence electrons. The summed E-state index contributed by atoms with van der Waals surface area (Å²) in [5.74, 6) is -2.97. The first kappa shape index (κ1) is 27.6. The van der Waals surface area contributed by atoms with Gasteiger partial charge in [0.25, 0.3) is 17.7 Å². The van der Waals surface area contributed by atoms with Crippen molar-refractivity contribution >= 4 is 74.1 Å². The van der Waals surface area contributed by atoms with E-state index in [0.717, 1.165) is 0 Å². The van der Waals surface area contributed by atoms with Crippen LogP contribution in [-0.2, 0) is 34.8 Å². The van der Waals surface area contributed by atoms with Crippen molar-refractivity contribution < 1.29 is 32.4 Å². The van der Waals surface area contributed by atoms with Crippen LogP contribution in [0.2, 0.25) is 10.0 Å². The molecular weight excluding hydrogens is 581 g/mol. The molecule has 40 heavy (non-hydrogen) atoms. The number of imide groups is 1. The molecule has 0 saturated carbocycles. The summed E-state index contributed by atoms with van der Waals surface area (Å²) in [6, 6.07) is 8.86. The Morgan fingerprint density at radius 2 is 1.75 bits per heavy atom. The number of amides is 3. The summed E-state index contributed by atoms with van der Waals surface area (Å²) in [6.07, 6.45) is 1.43. The molecule has 1 fully saturated rings. The van der Waals surface area contributed by atoms with Crippen LogP contribution in [0.1, 0.15) is 51.3 Å². The lowest BCUT2D eigenvalue weighted by molar-refractivity contribution is -0.172. The molecule has 3 heterocycles. The zero-order valence-electron chi connectivity index (χ0n) is 21.1. The Morgan fingerprint density at radius 3 is 2.45 bits per heavy atom. The van der Waals surface area contributed by atoms with E-state index in [1.807, 2.05) is 0 Å². The number of sulfone groups is 1. The maximum atomic E-state index is 13.2. The lowest BCUT2D eigenvalue weighted by atomic mass is 10.0. The first-order chi connectivity index (χ1) is 18.9. The normalized spacial score (nSPS) is 16.1. The summed E-state index contributed by atoms with van der Waals surface area (Å²) < 4.78 is 26.5. The summed E-state index contributed by atoms with van der Waals surface area (Å²) in [6.45, 7) is 3.22. The van der Waals surface area contributed by atoms with E-state index in [1.165, 1.54) is 36.4 Å². The Kier molecular flexibility index (Phi) is 7.07. The van der Waals surface area contributed by atoms with Crippen molar-refractivity contribution in [2.45, 2.75) is 37.3 Å².